The Morgan fingerprint density at radius 1 is 1.12 bits per heavy atom. The lowest BCUT2D eigenvalue weighted by molar-refractivity contribution is -0.116. The summed E-state index contributed by atoms with van der Waals surface area (Å²) in [7, 11) is 0. The van der Waals surface area contributed by atoms with Crippen molar-refractivity contribution in [2.75, 3.05) is 5.32 Å². The van der Waals surface area contributed by atoms with E-state index in [4.69, 9.17) is 0 Å². The lowest BCUT2D eigenvalue weighted by Crippen LogP contribution is -2.19. The molecule has 2 aromatic carbocycles. The molecule has 0 fully saturated rings. The Balaban J connectivity index is 1.85. The predicted octanol–water partition coefficient (Wildman–Crippen LogP) is 3.96. The van der Waals surface area contributed by atoms with Gasteiger partial charge in [-0.25, -0.2) is 0 Å². The Kier molecular flexibility index (Phi) is 4.47. The fraction of sp³-hybridized carbons (Fsp3) is 0.200. The maximum absolute atomic E-state index is 12.4. The number of nitrogens with zero attached hydrogens (tertiary/aromatic N) is 1. The molecule has 0 saturated heterocycles. The summed E-state index contributed by atoms with van der Waals surface area (Å²) in [4.78, 5) is 23.8. The number of anilines is 1. The summed E-state index contributed by atoms with van der Waals surface area (Å²) in [6.45, 7) is 4.14. The van der Waals surface area contributed by atoms with Gasteiger partial charge in [0, 0.05) is 27.8 Å². The Hall–Kier alpha value is -2.88. The summed E-state index contributed by atoms with van der Waals surface area (Å²) < 4.78 is 1.88. The highest BCUT2D eigenvalue weighted by atomic mass is 16.2. The van der Waals surface area contributed by atoms with E-state index in [-0.39, 0.29) is 12.5 Å². The summed E-state index contributed by atoms with van der Waals surface area (Å²) in [6, 6.07) is 15.5. The number of benzene rings is 2. The zero-order chi connectivity index (χ0) is 17.1. The van der Waals surface area contributed by atoms with Gasteiger partial charge in [-0.05, 0) is 37.1 Å². The van der Waals surface area contributed by atoms with Crippen LogP contribution in [0.1, 0.15) is 28.5 Å². The first-order chi connectivity index (χ1) is 11.6. The van der Waals surface area contributed by atoms with E-state index in [2.05, 4.69) is 12.2 Å². The zero-order valence-electron chi connectivity index (χ0n) is 13.9. The Morgan fingerprint density at radius 2 is 1.83 bits per heavy atom. The number of carbonyl (C=O) groups is 2. The third-order valence-electron chi connectivity index (χ3n) is 4.35. The van der Waals surface area contributed by atoms with E-state index in [1.807, 2.05) is 60.0 Å². The van der Waals surface area contributed by atoms with Gasteiger partial charge < -0.3 is 9.88 Å². The number of amides is 1. The summed E-state index contributed by atoms with van der Waals surface area (Å²) >= 11 is 0. The lowest BCUT2D eigenvalue weighted by atomic mass is 10.1. The molecule has 0 radical (unpaired) electrons. The van der Waals surface area contributed by atoms with Crippen molar-refractivity contribution in [1.29, 1.82) is 0 Å². The van der Waals surface area contributed by atoms with Gasteiger partial charge >= 0.3 is 0 Å². The molecule has 0 atom stereocenters. The van der Waals surface area contributed by atoms with Crippen LogP contribution in [0.5, 0.6) is 0 Å². The van der Waals surface area contributed by atoms with Crippen LogP contribution in [-0.4, -0.2) is 16.8 Å². The first-order valence-electron chi connectivity index (χ1n) is 8.05. The number of aromatic nitrogens is 1. The minimum atomic E-state index is -0.111. The van der Waals surface area contributed by atoms with Crippen molar-refractivity contribution in [2.24, 2.45) is 0 Å². The van der Waals surface area contributed by atoms with Crippen LogP contribution < -0.4 is 5.32 Å². The van der Waals surface area contributed by atoms with Crippen LogP contribution in [0.25, 0.3) is 10.9 Å². The smallest absolute Gasteiger partial charge is 0.244 e. The fourth-order valence-electron chi connectivity index (χ4n) is 2.98. The molecule has 4 nitrogen and oxygen atoms in total. The Bertz CT molecular complexity index is 892. The van der Waals surface area contributed by atoms with Gasteiger partial charge in [-0.3, -0.25) is 9.59 Å². The number of aryl methyl sites for hydroxylation is 1. The second-order valence-corrected chi connectivity index (χ2v) is 5.82. The molecule has 3 aromatic rings. The maximum atomic E-state index is 12.4. The zero-order valence-corrected chi connectivity index (χ0v) is 13.9. The molecular weight excluding hydrogens is 300 g/mol. The van der Waals surface area contributed by atoms with Gasteiger partial charge in [0.15, 0.2) is 6.29 Å². The summed E-state index contributed by atoms with van der Waals surface area (Å²) in [5, 5.41) is 3.79. The molecule has 1 N–H and O–H groups in total. The molecule has 1 aromatic heterocycles. The third kappa shape index (κ3) is 2.95. The van der Waals surface area contributed by atoms with Crippen LogP contribution in [-0.2, 0) is 17.8 Å². The first-order valence-corrected chi connectivity index (χ1v) is 8.05. The largest absolute Gasteiger partial charge is 0.335 e. The van der Waals surface area contributed by atoms with Crippen molar-refractivity contribution in [3.63, 3.8) is 0 Å². The number of fused-ring (bicyclic) bond motifs is 1. The van der Waals surface area contributed by atoms with Gasteiger partial charge in [0.05, 0.1) is 0 Å². The standard InChI is InChI=1S/C20H20N2O2/c1-3-15-8-10-16(11-9-15)21-20(24)12-22-14(2)18(13-23)17-6-4-5-7-19(17)22/h4-11,13H,3,12H2,1-2H3,(H,21,24). The van der Waals surface area contributed by atoms with Crippen molar-refractivity contribution < 1.29 is 9.59 Å². The topological polar surface area (TPSA) is 51.1 Å². The molecule has 0 unspecified atom stereocenters. The molecule has 3 rings (SSSR count). The molecule has 0 aliphatic carbocycles. The first kappa shape index (κ1) is 16.0. The second kappa shape index (κ2) is 6.71. The lowest BCUT2D eigenvalue weighted by Gasteiger charge is -2.10. The Labute approximate surface area is 141 Å². The molecule has 1 heterocycles. The molecule has 0 saturated carbocycles. The highest BCUT2D eigenvalue weighted by Gasteiger charge is 2.15. The van der Waals surface area contributed by atoms with Crippen LogP contribution >= 0.6 is 0 Å². The van der Waals surface area contributed by atoms with Gasteiger partial charge in [0.2, 0.25) is 5.91 Å². The third-order valence-corrected chi connectivity index (χ3v) is 4.35. The van der Waals surface area contributed by atoms with E-state index < -0.39 is 0 Å². The Morgan fingerprint density at radius 3 is 2.50 bits per heavy atom. The van der Waals surface area contributed by atoms with Crippen molar-refractivity contribution in [2.45, 2.75) is 26.8 Å². The normalized spacial score (nSPS) is 10.8. The van der Waals surface area contributed by atoms with Crippen molar-refractivity contribution in [3.05, 3.63) is 65.4 Å². The van der Waals surface area contributed by atoms with E-state index in [0.717, 1.165) is 35.0 Å². The highest BCUT2D eigenvalue weighted by Crippen LogP contribution is 2.24. The van der Waals surface area contributed by atoms with E-state index in [1.54, 1.807) is 0 Å². The highest BCUT2D eigenvalue weighted by molar-refractivity contribution is 6.00. The van der Waals surface area contributed by atoms with Crippen LogP contribution in [0.4, 0.5) is 5.69 Å². The molecule has 0 aliphatic rings. The van der Waals surface area contributed by atoms with Gasteiger partial charge in [-0.15, -0.1) is 0 Å². The van der Waals surface area contributed by atoms with Gasteiger partial charge in [-0.1, -0.05) is 37.3 Å². The van der Waals surface area contributed by atoms with Crippen molar-refractivity contribution in [1.82, 2.24) is 4.57 Å². The summed E-state index contributed by atoms with van der Waals surface area (Å²) in [5.74, 6) is -0.111. The van der Waals surface area contributed by atoms with Gasteiger partial charge in [0.1, 0.15) is 6.54 Å². The molecule has 24 heavy (non-hydrogen) atoms. The van der Waals surface area contributed by atoms with Crippen LogP contribution in [0.15, 0.2) is 48.5 Å². The van der Waals surface area contributed by atoms with Crippen LogP contribution in [0.2, 0.25) is 0 Å². The molecule has 0 bridgehead atoms. The number of carbonyl (C=O) groups excluding carboxylic acids is 2. The van der Waals surface area contributed by atoms with Crippen LogP contribution in [0, 0.1) is 6.92 Å². The second-order valence-electron chi connectivity index (χ2n) is 5.82. The molecule has 1 amide bonds. The predicted molar refractivity (Wildman–Crippen MR) is 96.5 cm³/mol. The number of aldehydes is 1. The van der Waals surface area contributed by atoms with Crippen LogP contribution in [0.3, 0.4) is 0 Å². The van der Waals surface area contributed by atoms with Gasteiger partial charge in [-0.2, -0.15) is 0 Å². The molecule has 4 heteroatoms. The van der Waals surface area contributed by atoms with Crippen molar-refractivity contribution in [3.8, 4) is 0 Å². The number of nitrogens with one attached hydrogen (secondary N) is 1. The number of hydrogen-bond acceptors (Lipinski definition) is 2. The van der Waals surface area contributed by atoms with Gasteiger partial charge in [0.25, 0.3) is 0 Å². The fourth-order valence-corrected chi connectivity index (χ4v) is 2.98. The monoisotopic (exact) mass is 320 g/mol. The minimum Gasteiger partial charge on any atom is -0.335 e. The minimum absolute atomic E-state index is 0.111. The quantitative estimate of drug-likeness (QED) is 0.723. The van der Waals surface area contributed by atoms with E-state index >= 15 is 0 Å². The average Bonchev–Trinajstić information content (AvgIpc) is 2.87. The van der Waals surface area contributed by atoms with E-state index in [1.165, 1.54) is 5.56 Å². The molecule has 122 valence electrons. The molecule has 0 spiro atoms. The number of para-hydroxylation sites is 1. The van der Waals surface area contributed by atoms with E-state index in [0.29, 0.717) is 5.56 Å². The van der Waals surface area contributed by atoms with E-state index in [9.17, 15) is 9.59 Å². The average molecular weight is 320 g/mol. The number of rotatable bonds is 5. The SMILES string of the molecule is CCc1ccc(NC(=O)Cn2c(C)c(C=O)c3ccccc32)cc1. The number of hydrogen-bond donors (Lipinski definition) is 1. The summed E-state index contributed by atoms with van der Waals surface area (Å²) in [5.41, 5.74) is 4.36. The maximum Gasteiger partial charge on any atom is 0.244 e. The molecular formula is C20H20N2O2. The summed E-state index contributed by atoms with van der Waals surface area (Å²) in [6.07, 6.45) is 1.83. The van der Waals surface area contributed by atoms with Crippen molar-refractivity contribution >= 4 is 28.8 Å². The molecule has 0 aliphatic heterocycles.